The molecule has 1 N–H and O–H groups in total. The van der Waals surface area contributed by atoms with Gasteiger partial charge in [-0.05, 0) is 59.2 Å². The molecular formula is C27H23N5O2. The molecule has 34 heavy (non-hydrogen) atoms. The lowest BCUT2D eigenvalue weighted by atomic mass is 10.0. The van der Waals surface area contributed by atoms with Crippen LogP contribution in [0, 0.1) is 0 Å². The highest BCUT2D eigenvalue weighted by Gasteiger charge is 2.20. The average molecular weight is 450 g/mol. The fraction of sp³-hybridized carbons (Fsp3) is 0.111. The molecule has 0 radical (unpaired) electrons. The molecule has 1 amide bonds. The number of rotatable bonds is 7. The van der Waals surface area contributed by atoms with Crippen LogP contribution >= 0.6 is 0 Å². The van der Waals surface area contributed by atoms with E-state index in [4.69, 9.17) is 4.42 Å². The van der Waals surface area contributed by atoms with E-state index >= 15 is 0 Å². The summed E-state index contributed by atoms with van der Waals surface area (Å²) < 4.78 is 5.38. The van der Waals surface area contributed by atoms with E-state index in [1.54, 1.807) is 29.6 Å². The van der Waals surface area contributed by atoms with E-state index in [-0.39, 0.29) is 5.91 Å². The summed E-state index contributed by atoms with van der Waals surface area (Å²) in [5.41, 5.74) is 4.80. The van der Waals surface area contributed by atoms with Crippen LogP contribution in [0.3, 0.4) is 0 Å². The van der Waals surface area contributed by atoms with Crippen molar-refractivity contribution in [2.45, 2.75) is 13.1 Å². The number of benzene rings is 2. The summed E-state index contributed by atoms with van der Waals surface area (Å²) in [4.78, 5) is 28.0. The van der Waals surface area contributed by atoms with Crippen LogP contribution in [0.1, 0.15) is 21.8 Å². The number of nitrogens with one attached hydrogen (secondary N) is 1. The van der Waals surface area contributed by atoms with Gasteiger partial charge in [-0.15, -0.1) is 0 Å². The Morgan fingerprint density at radius 3 is 2.62 bits per heavy atom. The van der Waals surface area contributed by atoms with Crippen LogP contribution in [-0.2, 0) is 13.1 Å². The molecule has 0 bridgehead atoms. The molecule has 7 heteroatoms. The molecule has 2 aromatic carbocycles. The van der Waals surface area contributed by atoms with Gasteiger partial charge in [0.15, 0.2) is 5.76 Å². The number of amides is 1. The molecule has 0 aliphatic carbocycles. The third-order valence-electron chi connectivity index (χ3n) is 5.60. The number of furan rings is 1. The van der Waals surface area contributed by atoms with Crippen molar-refractivity contribution in [3.8, 4) is 11.1 Å². The molecular weight excluding hydrogens is 426 g/mol. The predicted octanol–water partition coefficient (Wildman–Crippen LogP) is 5.17. The second kappa shape index (κ2) is 9.54. The number of aromatic nitrogens is 3. The van der Waals surface area contributed by atoms with Crippen LogP contribution in [-0.4, -0.2) is 32.8 Å². The van der Waals surface area contributed by atoms with Crippen molar-refractivity contribution in [2.75, 3.05) is 12.4 Å². The van der Waals surface area contributed by atoms with Crippen LogP contribution in [0.25, 0.3) is 22.0 Å². The Balaban J connectivity index is 1.46. The van der Waals surface area contributed by atoms with Gasteiger partial charge in [0, 0.05) is 25.2 Å². The highest BCUT2D eigenvalue weighted by molar-refractivity contribution is 5.93. The highest BCUT2D eigenvalue weighted by Crippen LogP contribution is 2.28. The molecule has 7 nitrogen and oxygen atoms in total. The van der Waals surface area contributed by atoms with Gasteiger partial charge in [-0.3, -0.25) is 9.78 Å². The topological polar surface area (TPSA) is 84.2 Å². The van der Waals surface area contributed by atoms with Crippen molar-refractivity contribution in [3.63, 3.8) is 0 Å². The fourth-order valence-corrected chi connectivity index (χ4v) is 3.95. The lowest BCUT2D eigenvalue weighted by molar-refractivity contribution is 0.0695. The molecule has 3 heterocycles. The Hall–Kier alpha value is -4.52. The van der Waals surface area contributed by atoms with Crippen molar-refractivity contribution in [2.24, 2.45) is 0 Å². The summed E-state index contributed by atoms with van der Waals surface area (Å²) in [5.74, 6) is 0.914. The van der Waals surface area contributed by atoms with E-state index in [2.05, 4.69) is 38.5 Å². The number of anilines is 1. The molecule has 5 aromatic rings. The van der Waals surface area contributed by atoms with Crippen LogP contribution < -0.4 is 5.32 Å². The highest BCUT2D eigenvalue weighted by atomic mass is 16.3. The number of hydrogen-bond donors (Lipinski definition) is 1. The van der Waals surface area contributed by atoms with E-state index in [0.717, 1.165) is 39.1 Å². The number of fused-ring (bicyclic) bond motifs is 1. The minimum Gasteiger partial charge on any atom is -0.459 e. The van der Waals surface area contributed by atoms with Gasteiger partial charge in [0.2, 0.25) is 0 Å². The third kappa shape index (κ3) is 4.49. The Bertz CT molecular complexity index is 1420. The van der Waals surface area contributed by atoms with Gasteiger partial charge in [-0.1, -0.05) is 30.3 Å². The van der Waals surface area contributed by atoms with Gasteiger partial charge in [0.25, 0.3) is 5.91 Å². The first-order valence-corrected chi connectivity index (χ1v) is 11.0. The first-order valence-electron chi connectivity index (χ1n) is 11.0. The maximum absolute atomic E-state index is 13.2. The van der Waals surface area contributed by atoms with Gasteiger partial charge in [-0.25, -0.2) is 9.97 Å². The number of carbonyl (C=O) groups excluding carboxylic acids is 1. The van der Waals surface area contributed by atoms with E-state index in [1.165, 1.54) is 6.26 Å². The van der Waals surface area contributed by atoms with Crippen molar-refractivity contribution >= 4 is 22.6 Å². The molecule has 0 aliphatic rings. The quantitative estimate of drug-likeness (QED) is 0.369. The summed E-state index contributed by atoms with van der Waals surface area (Å²) in [6.45, 7) is 0.797. The van der Waals surface area contributed by atoms with E-state index in [1.807, 2.05) is 49.5 Å². The standard InChI is InChI=1S/C27H23N5O2/c1-28-26-23-15-21(10-11-24(23)30-18-31-26)20-7-4-6-19(14-20)16-32(17-22-8-2-3-12-29-22)27(33)25-9-5-13-34-25/h2-15,18H,16-17H2,1H3,(H,28,30,31). The summed E-state index contributed by atoms with van der Waals surface area (Å²) >= 11 is 0. The Labute approximate surface area is 197 Å². The maximum atomic E-state index is 13.2. The Morgan fingerprint density at radius 1 is 0.912 bits per heavy atom. The molecule has 0 fully saturated rings. The average Bonchev–Trinajstić information content (AvgIpc) is 3.43. The second-order valence-electron chi connectivity index (χ2n) is 7.86. The largest absolute Gasteiger partial charge is 0.459 e. The molecule has 0 atom stereocenters. The monoisotopic (exact) mass is 449 g/mol. The molecule has 0 spiro atoms. The number of hydrogen-bond acceptors (Lipinski definition) is 6. The van der Waals surface area contributed by atoms with Crippen molar-refractivity contribution in [3.05, 3.63) is 109 Å². The first kappa shape index (κ1) is 21.3. The summed E-state index contributed by atoms with van der Waals surface area (Å²) in [5, 5.41) is 4.08. The van der Waals surface area contributed by atoms with Crippen LogP contribution in [0.5, 0.6) is 0 Å². The normalized spacial score (nSPS) is 10.9. The Kier molecular flexibility index (Phi) is 5.99. The van der Waals surface area contributed by atoms with Crippen molar-refractivity contribution in [1.82, 2.24) is 19.9 Å². The zero-order valence-electron chi connectivity index (χ0n) is 18.7. The van der Waals surface area contributed by atoms with Gasteiger partial charge < -0.3 is 14.6 Å². The number of carbonyl (C=O) groups is 1. The van der Waals surface area contributed by atoms with E-state index < -0.39 is 0 Å². The maximum Gasteiger partial charge on any atom is 0.290 e. The van der Waals surface area contributed by atoms with Gasteiger partial charge in [0.1, 0.15) is 12.1 Å². The zero-order chi connectivity index (χ0) is 23.3. The lowest BCUT2D eigenvalue weighted by Gasteiger charge is -2.22. The SMILES string of the molecule is CNc1ncnc2ccc(-c3cccc(CN(Cc4ccccn4)C(=O)c4ccco4)c3)cc12. The predicted molar refractivity (Wildman–Crippen MR) is 131 cm³/mol. The smallest absolute Gasteiger partial charge is 0.290 e. The molecule has 0 saturated carbocycles. The van der Waals surface area contributed by atoms with Crippen LogP contribution in [0.2, 0.25) is 0 Å². The van der Waals surface area contributed by atoms with Gasteiger partial charge in [0.05, 0.1) is 24.0 Å². The molecule has 5 rings (SSSR count). The van der Waals surface area contributed by atoms with Crippen LogP contribution in [0.15, 0.2) is 96.0 Å². The Morgan fingerprint density at radius 2 is 1.82 bits per heavy atom. The lowest BCUT2D eigenvalue weighted by Crippen LogP contribution is -2.30. The number of nitrogens with zero attached hydrogens (tertiary/aromatic N) is 4. The van der Waals surface area contributed by atoms with E-state index in [0.29, 0.717) is 18.8 Å². The van der Waals surface area contributed by atoms with Crippen molar-refractivity contribution in [1.29, 1.82) is 0 Å². The minimum atomic E-state index is -0.178. The molecule has 0 saturated heterocycles. The first-order chi connectivity index (χ1) is 16.7. The molecule has 0 aliphatic heterocycles. The molecule has 168 valence electrons. The molecule has 0 unspecified atom stereocenters. The summed E-state index contributed by atoms with van der Waals surface area (Å²) in [6, 6.07) is 23.4. The zero-order valence-corrected chi connectivity index (χ0v) is 18.7. The minimum absolute atomic E-state index is 0.178. The summed E-state index contributed by atoms with van der Waals surface area (Å²) in [7, 11) is 1.85. The number of pyridine rings is 1. The van der Waals surface area contributed by atoms with E-state index in [9.17, 15) is 4.79 Å². The van der Waals surface area contributed by atoms with Crippen LogP contribution in [0.4, 0.5) is 5.82 Å². The molecule has 3 aromatic heterocycles. The summed E-state index contributed by atoms with van der Waals surface area (Å²) in [6.07, 6.45) is 4.80. The second-order valence-corrected chi connectivity index (χ2v) is 7.86. The van der Waals surface area contributed by atoms with Gasteiger partial charge in [-0.2, -0.15) is 0 Å². The van der Waals surface area contributed by atoms with Gasteiger partial charge >= 0.3 is 0 Å². The van der Waals surface area contributed by atoms with Crippen molar-refractivity contribution < 1.29 is 9.21 Å². The third-order valence-corrected chi connectivity index (χ3v) is 5.60. The fourth-order valence-electron chi connectivity index (χ4n) is 3.95.